The molecule has 4 nitrogen and oxygen atoms in total. The van der Waals surface area contributed by atoms with E-state index in [4.69, 9.17) is 0 Å². The molecular weight excluding hydrogens is 303 g/mol. The molecule has 0 aromatic carbocycles. The Hall–Kier alpha value is -1.15. The molecule has 8 heteroatoms. The number of rotatable bonds is 5. The zero-order chi connectivity index (χ0) is 15.3. The Morgan fingerprint density at radius 3 is 2.71 bits per heavy atom. The third-order valence-corrected chi connectivity index (χ3v) is 4.28. The molecule has 118 valence electrons. The standard InChI is InChI=1S/C13H18F3N3OS/c14-13(15,16)9-19-4-1-10(2-5-19)7-11(20)18-8-12-17-3-6-21-12/h3,6,10H,1-2,4-5,7-9H2,(H,18,20). The van der Waals surface area contributed by atoms with Crippen molar-refractivity contribution in [1.82, 2.24) is 15.2 Å². The second kappa shape index (κ2) is 7.22. The quantitative estimate of drug-likeness (QED) is 0.906. The van der Waals surface area contributed by atoms with E-state index in [0.717, 1.165) is 5.01 Å². The Morgan fingerprint density at radius 2 is 2.14 bits per heavy atom. The zero-order valence-electron chi connectivity index (χ0n) is 11.5. The second-order valence-electron chi connectivity index (χ2n) is 5.24. The van der Waals surface area contributed by atoms with Gasteiger partial charge in [-0.25, -0.2) is 4.98 Å². The number of nitrogens with one attached hydrogen (secondary N) is 1. The summed E-state index contributed by atoms with van der Waals surface area (Å²) in [6.45, 7) is 0.382. The lowest BCUT2D eigenvalue weighted by atomic mass is 9.93. The van der Waals surface area contributed by atoms with Gasteiger partial charge in [0.15, 0.2) is 0 Å². The summed E-state index contributed by atoms with van der Waals surface area (Å²) in [5.41, 5.74) is 0. The van der Waals surface area contributed by atoms with Crippen LogP contribution >= 0.6 is 11.3 Å². The van der Waals surface area contributed by atoms with Gasteiger partial charge in [0, 0.05) is 18.0 Å². The van der Waals surface area contributed by atoms with Crippen molar-refractivity contribution in [3.8, 4) is 0 Å². The summed E-state index contributed by atoms with van der Waals surface area (Å²) in [4.78, 5) is 17.3. The van der Waals surface area contributed by atoms with Gasteiger partial charge in [-0.05, 0) is 31.8 Å². The molecule has 0 aliphatic carbocycles. The molecule has 0 saturated carbocycles. The summed E-state index contributed by atoms with van der Waals surface area (Å²) in [7, 11) is 0. The predicted octanol–water partition coefficient (Wildman–Crippen LogP) is 2.42. The van der Waals surface area contributed by atoms with Crippen LogP contribution in [0.1, 0.15) is 24.3 Å². The molecule has 0 bridgehead atoms. The number of hydrogen-bond acceptors (Lipinski definition) is 4. The van der Waals surface area contributed by atoms with E-state index in [0.29, 0.717) is 38.9 Å². The van der Waals surface area contributed by atoms with Crippen LogP contribution in [0.2, 0.25) is 0 Å². The monoisotopic (exact) mass is 321 g/mol. The molecule has 1 aromatic rings. The normalized spacial score (nSPS) is 17.9. The van der Waals surface area contributed by atoms with Gasteiger partial charge < -0.3 is 5.32 Å². The van der Waals surface area contributed by atoms with E-state index >= 15 is 0 Å². The highest BCUT2D eigenvalue weighted by Gasteiger charge is 2.32. The first-order valence-electron chi connectivity index (χ1n) is 6.86. The number of carbonyl (C=O) groups is 1. The summed E-state index contributed by atoms with van der Waals surface area (Å²) in [6, 6.07) is 0. The number of carbonyl (C=O) groups excluding carboxylic acids is 1. The summed E-state index contributed by atoms with van der Waals surface area (Å²) in [5, 5.41) is 5.49. The third-order valence-electron chi connectivity index (χ3n) is 3.50. The number of likely N-dealkylation sites (tertiary alicyclic amines) is 1. The molecule has 0 unspecified atom stereocenters. The molecule has 2 rings (SSSR count). The van der Waals surface area contributed by atoms with Gasteiger partial charge in [0.05, 0.1) is 13.1 Å². The number of hydrogen-bond donors (Lipinski definition) is 1. The van der Waals surface area contributed by atoms with Gasteiger partial charge in [-0.2, -0.15) is 13.2 Å². The molecule has 21 heavy (non-hydrogen) atoms. The molecule has 0 atom stereocenters. The lowest BCUT2D eigenvalue weighted by Gasteiger charge is -2.32. The Labute approximate surface area is 125 Å². The lowest BCUT2D eigenvalue weighted by molar-refractivity contribution is -0.149. The van der Waals surface area contributed by atoms with E-state index < -0.39 is 12.7 Å². The summed E-state index contributed by atoms with van der Waals surface area (Å²) < 4.78 is 36.8. The van der Waals surface area contributed by atoms with Crippen LogP contribution in [0.25, 0.3) is 0 Å². The number of halogens is 3. The maximum absolute atomic E-state index is 12.3. The first-order chi connectivity index (χ1) is 9.92. The number of thiazole rings is 1. The predicted molar refractivity (Wildman–Crippen MR) is 73.8 cm³/mol. The van der Waals surface area contributed by atoms with E-state index in [1.54, 1.807) is 6.20 Å². The van der Waals surface area contributed by atoms with Crippen LogP contribution < -0.4 is 5.32 Å². The maximum Gasteiger partial charge on any atom is 0.401 e. The average molecular weight is 321 g/mol. The SMILES string of the molecule is O=C(CC1CCN(CC(F)(F)F)CC1)NCc1nccs1. The van der Waals surface area contributed by atoms with Crippen molar-refractivity contribution >= 4 is 17.2 Å². The van der Waals surface area contributed by atoms with Gasteiger partial charge in [0.1, 0.15) is 5.01 Å². The molecule has 2 heterocycles. The molecule has 1 N–H and O–H groups in total. The van der Waals surface area contributed by atoms with Crippen LogP contribution in [0.15, 0.2) is 11.6 Å². The van der Waals surface area contributed by atoms with Crippen molar-refractivity contribution in [3.63, 3.8) is 0 Å². The van der Waals surface area contributed by atoms with Gasteiger partial charge in [0.2, 0.25) is 5.91 Å². The topological polar surface area (TPSA) is 45.2 Å². The minimum absolute atomic E-state index is 0.0560. The molecule has 1 aliphatic rings. The summed E-state index contributed by atoms with van der Waals surface area (Å²) in [6.07, 6.45) is -0.798. The van der Waals surface area contributed by atoms with E-state index in [2.05, 4.69) is 10.3 Å². The minimum atomic E-state index is -4.14. The number of alkyl halides is 3. The smallest absolute Gasteiger partial charge is 0.350 e. The van der Waals surface area contributed by atoms with Crippen molar-refractivity contribution in [3.05, 3.63) is 16.6 Å². The van der Waals surface area contributed by atoms with Crippen molar-refractivity contribution in [2.75, 3.05) is 19.6 Å². The van der Waals surface area contributed by atoms with Crippen molar-refractivity contribution in [1.29, 1.82) is 0 Å². The highest BCUT2D eigenvalue weighted by atomic mass is 32.1. The molecule has 1 fully saturated rings. The first kappa shape index (κ1) is 16.2. The highest BCUT2D eigenvalue weighted by Crippen LogP contribution is 2.24. The molecule has 0 radical (unpaired) electrons. The Bertz CT molecular complexity index is 442. The highest BCUT2D eigenvalue weighted by molar-refractivity contribution is 7.09. The van der Waals surface area contributed by atoms with Crippen LogP contribution in [0.3, 0.4) is 0 Å². The van der Waals surface area contributed by atoms with E-state index in [1.165, 1.54) is 16.2 Å². The van der Waals surface area contributed by atoms with Crippen molar-refractivity contribution in [2.45, 2.75) is 32.0 Å². The number of piperidine rings is 1. The fraction of sp³-hybridized carbons (Fsp3) is 0.692. The Balaban J connectivity index is 1.65. The fourth-order valence-electron chi connectivity index (χ4n) is 2.45. The van der Waals surface area contributed by atoms with E-state index in [-0.39, 0.29) is 11.8 Å². The maximum atomic E-state index is 12.3. The average Bonchev–Trinajstić information content (AvgIpc) is 2.90. The summed E-state index contributed by atoms with van der Waals surface area (Å²) >= 11 is 1.48. The Morgan fingerprint density at radius 1 is 1.43 bits per heavy atom. The molecule has 1 amide bonds. The minimum Gasteiger partial charge on any atom is -0.350 e. The van der Waals surface area contributed by atoms with Crippen LogP contribution in [-0.4, -0.2) is 41.6 Å². The fourth-order valence-corrected chi connectivity index (χ4v) is 3.01. The second-order valence-corrected chi connectivity index (χ2v) is 6.22. The molecule has 1 aromatic heterocycles. The lowest BCUT2D eigenvalue weighted by Crippen LogP contribution is -2.40. The van der Waals surface area contributed by atoms with Crippen LogP contribution in [0.5, 0.6) is 0 Å². The number of nitrogens with zero attached hydrogens (tertiary/aromatic N) is 2. The van der Waals surface area contributed by atoms with Crippen molar-refractivity contribution in [2.24, 2.45) is 5.92 Å². The molecule has 1 saturated heterocycles. The first-order valence-corrected chi connectivity index (χ1v) is 7.74. The van der Waals surface area contributed by atoms with E-state index in [9.17, 15) is 18.0 Å². The van der Waals surface area contributed by atoms with Gasteiger partial charge >= 0.3 is 6.18 Å². The number of aromatic nitrogens is 1. The van der Waals surface area contributed by atoms with Gasteiger partial charge in [-0.15, -0.1) is 11.3 Å². The Kier molecular flexibility index (Phi) is 5.58. The largest absolute Gasteiger partial charge is 0.401 e. The van der Waals surface area contributed by atoms with Crippen LogP contribution in [0.4, 0.5) is 13.2 Å². The van der Waals surface area contributed by atoms with Gasteiger partial charge in [-0.1, -0.05) is 0 Å². The van der Waals surface area contributed by atoms with Gasteiger partial charge in [0.25, 0.3) is 0 Å². The van der Waals surface area contributed by atoms with Crippen LogP contribution in [-0.2, 0) is 11.3 Å². The zero-order valence-corrected chi connectivity index (χ0v) is 12.3. The molecular formula is C13H18F3N3OS. The third kappa shape index (κ3) is 6.01. The van der Waals surface area contributed by atoms with Crippen molar-refractivity contribution < 1.29 is 18.0 Å². The number of amides is 1. The van der Waals surface area contributed by atoms with Gasteiger partial charge in [-0.3, -0.25) is 9.69 Å². The van der Waals surface area contributed by atoms with E-state index in [1.807, 2.05) is 5.38 Å². The summed E-state index contributed by atoms with van der Waals surface area (Å²) in [5.74, 6) is 0.116. The van der Waals surface area contributed by atoms with Crippen LogP contribution in [0, 0.1) is 5.92 Å². The molecule has 0 spiro atoms. The molecule has 1 aliphatic heterocycles.